The fraction of sp³-hybridized carbons (Fsp3) is 0.333. The maximum absolute atomic E-state index is 12.7. The molecule has 2 aromatic heterocycles. The molecule has 1 saturated heterocycles. The zero-order valence-electron chi connectivity index (χ0n) is 14.8. The maximum Gasteiger partial charge on any atom is 0.274 e. The lowest BCUT2D eigenvalue weighted by Crippen LogP contribution is -2.27. The highest BCUT2D eigenvalue weighted by atomic mass is 32.2. The van der Waals surface area contributed by atoms with Crippen molar-refractivity contribution in [2.75, 3.05) is 24.2 Å². The fourth-order valence-corrected chi connectivity index (χ4v) is 4.39. The molecule has 0 unspecified atom stereocenters. The topological polar surface area (TPSA) is 79.6 Å². The minimum absolute atomic E-state index is 0.215. The smallest absolute Gasteiger partial charge is 0.274 e. The third kappa shape index (κ3) is 3.84. The van der Waals surface area contributed by atoms with Crippen molar-refractivity contribution in [2.24, 2.45) is 0 Å². The van der Waals surface area contributed by atoms with E-state index in [9.17, 15) is 9.59 Å². The number of rotatable bonds is 5. The largest absolute Gasteiger partial charge is 0.347 e. The van der Waals surface area contributed by atoms with Crippen LogP contribution < -0.4 is 15.8 Å². The summed E-state index contributed by atoms with van der Waals surface area (Å²) in [6.45, 7) is 2.27. The Morgan fingerprint density at radius 2 is 2.00 bits per heavy atom. The van der Waals surface area contributed by atoms with E-state index in [0.29, 0.717) is 11.5 Å². The van der Waals surface area contributed by atoms with E-state index in [1.807, 2.05) is 30.5 Å². The van der Waals surface area contributed by atoms with Crippen LogP contribution in [0.4, 0.5) is 5.13 Å². The Kier molecular flexibility index (Phi) is 5.13. The SMILES string of the molecule is CSc1ccc(CNC(=O)c2cc(=O)nc3sc(N4CCCC4)nn23)cc1. The molecule has 27 heavy (non-hydrogen) atoms. The summed E-state index contributed by atoms with van der Waals surface area (Å²) in [5.41, 5.74) is 0.781. The standard InChI is InChI=1S/C18H19N5O2S2/c1-26-13-6-4-12(5-7-13)11-19-16(25)14-10-15(24)20-17-23(14)21-18(27-17)22-8-2-3-9-22/h4-7,10H,2-3,8-9,11H2,1H3,(H,19,25). The van der Waals surface area contributed by atoms with Crippen molar-refractivity contribution in [3.63, 3.8) is 0 Å². The summed E-state index contributed by atoms with van der Waals surface area (Å²) in [7, 11) is 0. The van der Waals surface area contributed by atoms with Crippen molar-refractivity contribution in [3.8, 4) is 0 Å². The van der Waals surface area contributed by atoms with E-state index in [1.54, 1.807) is 11.8 Å². The minimum atomic E-state index is -0.430. The number of fused-ring (bicyclic) bond motifs is 1. The van der Waals surface area contributed by atoms with Gasteiger partial charge in [0, 0.05) is 30.6 Å². The van der Waals surface area contributed by atoms with Crippen molar-refractivity contribution in [3.05, 3.63) is 51.9 Å². The van der Waals surface area contributed by atoms with Crippen molar-refractivity contribution in [2.45, 2.75) is 24.3 Å². The van der Waals surface area contributed by atoms with E-state index in [0.717, 1.165) is 36.6 Å². The van der Waals surface area contributed by atoms with Gasteiger partial charge < -0.3 is 10.2 Å². The number of nitrogens with one attached hydrogen (secondary N) is 1. The van der Waals surface area contributed by atoms with Crippen LogP contribution in [0.2, 0.25) is 0 Å². The summed E-state index contributed by atoms with van der Waals surface area (Å²) in [5.74, 6) is -0.336. The highest BCUT2D eigenvalue weighted by Gasteiger charge is 2.20. The molecule has 1 fully saturated rings. The molecule has 0 spiro atoms. The molecular weight excluding hydrogens is 382 g/mol. The summed E-state index contributed by atoms with van der Waals surface area (Å²) in [5, 5.41) is 8.20. The molecule has 0 radical (unpaired) electrons. The van der Waals surface area contributed by atoms with Gasteiger partial charge in [-0.1, -0.05) is 23.5 Å². The first-order valence-corrected chi connectivity index (χ1v) is 10.8. The Balaban J connectivity index is 1.57. The zero-order chi connectivity index (χ0) is 18.8. The minimum Gasteiger partial charge on any atom is -0.347 e. The average molecular weight is 402 g/mol. The number of anilines is 1. The number of benzene rings is 1. The number of thioether (sulfide) groups is 1. The van der Waals surface area contributed by atoms with Crippen molar-refractivity contribution >= 4 is 39.1 Å². The van der Waals surface area contributed by atoms with E-state index in [4.69, 9.17) is 0 Å². The quantitative estimate of drug-likeness (QED) is 0.662. The van der Waals surface area contributed by atoms with Crippen LogP contribution in [-0.2, 0) is 6.54 Å². The lowest BCUT2D eigenvalue weighted by atomic mass is 10.2. The van der Waals surface area contributed by atoms with Crippen LogP contribution in [0, 0.1) is 0 Å². The lowest BCUT2D eigenvalue weighted by molar-refractivity contribution is 0.0943. The van der Waals surface area contributed by atoms with Gasteiger partial charge in [0.15, 0.2) is 0 Å². The number of nitrogens with zero attached hydrogens (tertiary/aromatic N) is 4. The molecule has 1 aromatic carbocycles. The Morgan fingerprint density at radius 1 is 1.26 bits per heavy atom. The second-order valence-corrected chi connectivity index (χ2v) is 8.10. The van der Waals surface area contributed by atoms with Crippen LogP contribution in [0.5, 0.6) is 0 Å². The summed E-state index contributed by atoms with van der Waals surface area (Å²) in [4.78, 5) is 32.4. The van der Waals surface area contributed by atoms with Gasteiger partial charge in [-0.15, -0.1) is 16.9 Å². The predicted octanol–water partition coefficient (Wildman–Crippen LogP) is 2.40. The molecule has 3 heterocycles. The first kappa shape index (κ1) is 18.0. The van der Waals surface area contributed by atoms with Gasteiger partial charge in [0.05, 0.1) is 0 Å². The van der Waals surface area contributed by atoms with Crippen LogP contribution in [0.15, 0.2) is 40.0 Å². The van der Waals surface area contributed by atoms with Crippen molar-refractivity contribution in [1.29, 1.82) is 0 Å². The van der Waals surface area contributed by atoms with Crippen LogP contribution in [0.25, 0.3) is 4.96 Å². The van der Waals surface area contributed by atoms with Crippen molar-refractivity contribution < 1.29 is 4.79 Å². The monoisotopic (exact) mass is 401 g/mol. The lowest BCUT2D eigenvalue weighted by Gasteiger charge is -2.11. The van der Waals surface area contributed by atoms with E-state index in [1.165, 1.54) is 26.8 Å². The van der Waals surface area contributed by atoms with Crippen LogP contribution in [0.3, 0.4) is 0 Å². The van der Waals surface area contributed by atoms with Crippen LogP contribution in [0.1, 0.15) is 28.9 Å². The van der Waals surface area contributed by atoms with Gasteiger partial charge in [-0.2, -0.15) is 9.50 Å². The summed E-state index contributed by atoms with van der Waals surface area (Å²) >= 11 is 3.01. The molecule has 0 aliphatic carbocycles. The second-order valence-electron chi connectivity index (χ2n) is 6.28. The number of carbonyl (C=O) groups excluding carboxylic acids is 1. The van der Waals surface area contributed by atoms with E-state index in [-0.39, 0.29) is 11.6 Å². The van der Waals surface area contributed by atoms with Gasteiger partial charge in [0.1, 0.15) is 5.69 Å². The van der Waals surface area contributed by atoms with Gasteiger partial charge in [0.25, 0.3) is 11.5 Å². The molecule has 1 aliphatic rings. The normalized spacial score (nSPS) is 14.0. The van der Waals surface area contributed by atoms with Gasteiger partial charge in [0.2, 0.25) is 10.1 Å². The molecule has 140 valence electrons. The Morgan fingerprint density at radius 3 is 2.70 bits per heavy atom. The third-order valence-corrected chi connectivity index (χ3v) is 6.18. The summed E-state index contributed by atoms with van der Waals surface area (Å²) in [6.07, 6.45) is 4.28. The van der Waals surface area contributed by atoms with E-state index in [2.05, 4.69) is 20.3 Å². The molecule has 9 heteroatoms. The summed E-state index contributed by atoms with van der Waals surface area (Å²) in [6, 6.07) is 9.24. The van der Waals surface area contributed by atoms with Crippen LogP contribution >= 0.6 is 23.1 Å². The van der Waals surface area contributed by atoms with Gasteiger partial charge in [-0.3, -0.25) is 9.59 Å². The van der Waals surface area contributed by atoms with Crippen molar-refractivity contribution in [1.82, 2.24) is 19.9 Å². The number of hydrogen-bond acceptors (Lipinski definition) is 7. The molecule has 0 atom stereocenters. The first-order chi connectivity index (χ1) is 13.1. The Hall–Kier alpha value is -2.39. The average Bonchev–Trinajstić information content (AvgIpc) is 3.35. The Labute approximate surface area is 164 Å². The maximum atomic E-state index is 12.7. The zero-order valence-corrected chi connectivity index (χ0v) is 16.5. The highest BCUT2D eigenvalue weighted by Crippen LogP contribution is 2.25. The number of amides is 1. The Bertz CT molecular complexity index is 1020. The number of aromatic nitrogens is 3. The van der Waals surface area contributed by atoms with E-state index >= 15 is 0 Å². The van der Waals surface area contributed by atoms with E-state index < -0.39 is 5.56 Å². The fourth-order valence-electron chi connectivity index (χ4n) is 3.02. The molecule has 4 rings (SSSR count). The first-order valence-electron chi connectivity index (χ1n) is 8.71. The second kappa shape index (κ2) is 7.69. The third-order valence-electron chi connectivity index (χ3n) is 4.46. The molecular formula is C18H19N5O2S2. The number of hydrogen-bond donors (Lipinski definition) is 1. The summed E-state index contributed by atoms with van der Waals surface area (Å²) < 4.78 is 1.48. The number of carbonyl (C=O) groups is 1. The van der Waals surface area contributed by atoms with Gasteiger partial charge in [-0.25, -0.2) is 0 Å². The molecule has 0 bridgehead atoms. The highest BCUT2D eigenvalue weighted by molar-refractivity contribution is 7.98. The van der Waals surface area contributed by atoms with Gasteiger partial charge >= 0.3 is 0 Å². The van der Waals surface area contributed by atoms with Crippen LogP contribution in [-0.4, -0.2) is 39.9 Å². The molecule has 0 saturated carbocycles. The molecule has 7 nitrogen and oxygen atoms in total. The molecule has 1 amide bonds. The predicted molar refractivity (Wildman–Crippen MR) is 108 cm³/mol. The molecule has 3 aromatic rings. The van der Waals surface area contributed by atoms with Gasteiger partial charge in [-0.05, 0) is 36.8 Å². The molecule has 1 aliphatic heterocycles. The molecule has 1 N–H and O–H groups in total.